The first kappa shape index (κ1) is 53.7. The van der Waals surface area contributed by atoms with Crippen LogP contribution in [0, 0.1) is 4.91 Å². The minimum absolute atomic E-state index is 0. The highest BCUT2D eigenvalue weighted by molar-refractivity contribution is 6.07. The summed E-state index contributed by atoms with van der Waals surface area (Å²) in [4.78, 5) is 22.3. The lowest BCUT2D eigenvalue weighted by Crippen LogP contribution is -2.61. The number of likely N-dealkylation sites (N-methyl/N-ethyl adjacent to an activating group) is 2. The Balaban J connectivity index is 0.000000199. The average Bonchev–Trinajstić information content (AvgIpc) is 3.66. The zero-order valence-electron chi connectivity index (χ0n) is 43.1. The Morgan fingerprint density at radius 2 is 1.18 bits per heavy atom. The van der Waals surface area contributed by atoms with E-state index >= 15 is 0 Å². The van der Waals surface area contributed by atoms with Crippen molar-refractivity contribution in [3.63, 3.8) is 0 Å². The lowest BCUT2D eigenvalue weighted by Gasteiger charge is -2.45. The Bertz CT molecular complexity index is 2800. The van der Waals surface area contributed by atoms with Crippen LogP contribution in [0.5, 0.6) is 23.0 Å². The van der Waals surface area contributed by atoms with Gasteiger partial charge in [-0.25, -0.2) is 0 Å². The van der Waals surface area contributed by atoms with Gasteiger partial charge in [0.2, 0.25) is 5.72 Å². The van der Waals surface area contributed by atoms with Crippen LogP contribution in [0.2, 0.25) is 0 Å². The van der Waals surface area contributed by atoms with Crippen molar-refractivity contribution in [3.05, 3.63) is 131 Å². The number of aliphatic hydroxyl groups is 2. The van der Waals surface area contributed by atoms with Crippen LogP contribution in [-0.4, -0.2) is 77.9 Å². The number of fused-ring (bicyclic) bond motifs is 6. The molecule has 6 aromatic carbocycles. The number of nitrogens with zero attached hydrogens (tertiary/aromatic N) is 5. The van der Waals surface area contributed by atoms with Gasteiger partial charge in [0.25, 0.3) is 0 Å². The number of hydrogen-bond acceptors (Lipinski definition) is 12. The maximum absolute atomic E-state index is 10.5. The van der Waals surface area contributed by atoms with Crippen LogP contribution in [-0.2, 0) is 10.8 Å². The molecule has 1 atom stereocenters. The number of piperidine rings is 1. The lowest BCUT2D eigenvalue weighted by atomic mass is 9.77. The third-order valence-electron chi connectivity index (χ3n) is 14.3. The lowest BCUT2D eigenvalue weighted by molar-refractivity contribution is 0.0827. The van der Waals surface area contributed by atoms with Crippen molar-refractivity contribution in [1.82, 2.24) is 0 Å². The van der Waals surface area contributed by atoms with Gasteiger partial charge in [0.15, 0.2) is 11.4 Å². The van der Waals surface area contributed by atoms with Crippen LogP contribution in [0.3, 0.4) is 0 Å². The molecule has 12 heteroatoms. The minimum Gasteiger partial charge on any atom is -0.508 e. The molecule has 71 heavy (non-hydrogen) atoms. The van der Waals surface area contributed by atoms with E-state index in [0.717, 1.165) is 40.7 Å². The maximum Gasteiger partial charge on any atom is 0.228 e. The van der Waals surface area contributed by atoms with Crippen LogP contribution >= 0.6 is 0 Å². The first-order valence-corrected chi connectivity index (χ1v) is 25.2. The highest BCUT2D eigenvalue weighted by atomic mass is 16.5. The Labute approximate surface area is 422 Å². The number of aliphatic imine (C=N–C) groups is 1. The number of nitroso groups, excluding NO2 is 1. The second kappa shape index (κ2) is 23.5. The SMILES string of the molecule is C1CCCCC1.C=C1N(C)c2ccccc2C1(C)C.CCO.CCO.CN1c2ccccc2C(C)(C)C12C=Nc1c(cc(N3CCCCC3)c3ccc(O)cc13)O2.O=Nc1c(O)ccc2ccc(O)cc12.[2HH]. The second-order valence-corrected chi connectivity index (χ2v) is 19.6. The van der Waals surface area contributed by atoms with Crippen molar-refractivity contribution >= 4 is 56.2 Å². The van der Waals surface area contributed by atoms with Gasteiger partial charge in [-0.3, -0.25) is 4.99 Å². The van der Waals surface area contributed by atoms with Gasteiger partial charge in [0.05, 0.1) is 11.6 Å². The van der Waals surface area contributed by atoms with Crippen LogP contribution in [0.25, 0.3) is 21.5 Å². The molecule has 0 aromatic heterocycles. The number of aliphatic hydroxyl groups excluding tert-OH is 2. The number of benzene rings is 6. The van der Waals surface area contributed by atoms with Gasteiger partial charge in [0.1, 0.15) is 22.9 Å². The molecule has 1 aliphatic carbocycles. The first-order chi connectivity index (χ1) is 34.0. The first-order valence-electron chi connectivity index (χ1n) is 25.2. The molecule has 5 N–H and O–H groups in total. The molecule has 6 aromatic rings. The summed E-state index contributed by atoms with van der Waals surface area (Å²) in [5.74, 6) is 0.877. The number of rotatable bonds is 2. The molecule has 11 rings (SSSR count). The van der Waals surface area contributed by atoms with E-state index in [0.29, 0.717) is 5.39 Å². The molecule has 0 amide bonds. The monoisotopic (exact) mass is 969 g/mol. The summed E-state index contributed by atoms with van der Waals surface area (Å²) < 4.78 is 6.94. The molecule has 0 bridgehead atoms. The molecule has 0 radical (unpaired) electrons. The molecule has 380 valence electrons. The van der Waals surface area contributed by atoms with Crippen molar-refractivity contribution < 1.29 is 31.7 Å². The standard InChI is InChI=1S/C27H29N3O2.C12H15N.C10H7NO3.C6H12.2C2H6O.H2/c1-26(2)21-9-5-6-10-22(21)29(3)27(26)17-28-25-20-15-18(31)11-12-19(20)23(16-24(25)32-27)30-13-7-4-8-14-30;1-9-12(2,3)10-7-5-6-8-11(10)13(9)4;12-7-3-1-6-2-4-9(13)10(11-14)8(6)5-7;1-2-4-6-5-3-1;2*1-2-3;/h5-6,9-12,15-17,31H,4,7-8,13-14H2,1-3H3;5-8H,1H2,2-4H3;1-5,12-13H;1-6H2;2*3H,2H2,1H3;1H/i;;;;;;1+1. The normalized spacial score (nSPS) is 18.6. The highest BCUT2D eigenvalue weighted by Crippen LogP contribution is 2.55. The van der Waals surface area contributed by atoms with Gasteiger partial charge in [-0.05, 0) is 117 Å². The van der Waals surface area contributed by atoms with Crippen LogP contribution in [0.1, 0.15) is 112 Å². The number of anilines is 3. The molecular weight excluding hydrogens is 891 g/mol. The number of allylic oxidation sites excluding steroid dienone is 1. The fraction of sp³-hybridized carbons (Fsp3) is 0.407. The van der Waals surface area contributed by atoms with Crippen molar-refractivity contribution in [2.75, 3.05) is 55.1 Å². The molecule has 5 aliphatic rings. The largest absolute Gasteiger partial charge is 0.508 e. The number of phenols is 3. The number of para-hydroxylation sites is 2. The summed E-state index contributed by atoms with van der Waals surface area (Å²) >= 11 is 0. The van der Waals surface area contributed by atoms with E-state index in [-0.39, 0.29) is 48.4 Å². The third kappa shape index (κ3) is 11.1. The van der Waals surface area contributed by atoms with Gasteiger partial charge < -0.3 is 45.0 Å². The quantitative estimate of drug-likeness (QED) is 0.106. The van der Waals surface area contributed by atoms with Crippen molar-refractivity contribution in [3.8, 4) is 23.0 Å². The topological polar surface area (TPSA) is 162 Å². The van der Waals surface area contributed by atoms with E-state index in [1.165, 1.54) is 110 Å². The smallest absolute Gasteiger partial charge is 0.228 e. The summed E-state index contributed by atoms with van der Waals surface area (Å²) in [6.07, 6.45) is 14.6. The molecular formula is C59H77N5O7. The Morgan fingerprint density at radius 1 is 0.662 bits per heavy atom. The molecule has 1 saturated heterocycles. The van der Waals surface area contributed by atoms with Crippen LogP contribution in [0.4, 0.5) is 28.4 Å². The Hall–Kier alpha value is -6.63. The molecule has 1 saturated carbocycles. The highest BCUT2D eigenvalue weighted by Gasteiger charge is 2.58. The summed E-state index contributed by atoms with van der Waals surface area (Å²) in [6.45, 7) is 19.0. The van der Waals surface area contributed by atoms with E-state index in [9.17, 15) is 20.2 Å². The van der Waals surface area contributed by atoms with Crippen molar-refractivity contribution in [2.45, 2.75) is 116 Å². The minimum atomic E-state index is -0.715. The van der Waals surface area contributed by atoms with Gasteiger partial charge in [0, 0.05) is 92.2 Å². The fourth-order valence-corrected chi connectivity index (χ4v) is 10.3. The number of hydrogen-bond donors (Lipinski definition) is 5. The van der Waals surface area contributed by atoms with E-state index < -0.39 is 5.72 Å². The van der Waals surface area contributed by atoms with Gasteiger partial charge in [-0.1, -0.05) is 107 Å². The van der Waals surface area contributed by atoms with Crippen LogP contribution < -0.4 is 19.4 Å². The zero-order chi connectivity index (χ0) is 51.5. The van der Waals surface area contributed by atoms with Gasteiger partial charge >= 0.3 is 0 Å². The van der Waals surface area contributed by atoms with E-state index in [4.69, 9.17) is 19.9 Å². The molecule has 4 aliphatic heterocycles. The summed E-state index contributed by atoms with van der Waals surface area (Å²) in [6, 6.07) is 32.4. The molecule has 1 spiro atoms. The average molecular weight is 969 g/mol. The van der Waals surface area contributed by atoms with E-state index in [1.54, 1.807) is 32.0 Å². The van der Waals surface area contributed by atoms with Gasteiger partial charge in [-0.2, -0.15) is 0 Å². The summed E-state index contributed by atoms with van der Waals surface area (Å²) in [7, 11) is 4.17. The Kier molecular flexibility index (Phi) is 17.8. The molecule has 1 unspecified atom stereocenters. The third-order valence-corrected chi connectivity index (χ3v) is 14.3. The molecule has 12 nitrogen and oxygen atoms in total. The molecule has 2 fully saturated rings. The fourth-order valence-electron chi connectivity index (χ4n) is 10.3. The number of aromatic hydroxyl groups is 3. The zero-order valence-corrected chi connectivity index (χ0v) is 43.1. The van der Waals surface area contributed by atoms with Gasteiger partial charge in [-0.15, -0.1) is 4.91 Å². The van der Waals surface area contributed by atoms with Crippen molar-refractivity contribution in [1.29, 1.82) is 0 Å². The van der Waals surface area contributed by atoms with E-state index in [2.05, 4.69) is 123 Å². The predicted molar refractivity (Wildman–Crippen MR) is 296 cm³/mol. The van der Waals surface area contributed by atoms with Crippen LogP contribution in [0.15, 0.2) is 126 Å². The number of phenolic OH excluding ortho intramolecular Hbond substituents is 3. The summed E-state index contributed by atoms with van der Waals surface area (Å²) in [5, 5.41) is 49.9. The maximum atomic E-state index is 10.5. The van der Waals surface area contributed by atoms with E-state index in [1.807, 2.05) is 18.3 Å². The van der Waals surface area contributed by atoms with Crippen molar-refractivity contribution in [2.24, 2.45) is 10.2 Å². The predicted octanol–water partition coefficient (Wildman–Crippen LogP) is 13.9. The second-order valence-electron chi connectivity index (χ2n) is 19.6. The summed E-state index contributed by atoms with van der Waals surface area (Å²) in [5.41, 5.74) is 7.27. The molecule has 4 heterocycles. The Morgan fingerprint density at radius 3 is 1.76 bits per heavy atom. The number of ether oxygens (including phenoxy) is 1.